The summed E-state index contributed by atoms with van der Waals surface area (Å²) in [6.45, 7) is 2.49. The van der Waals surface area contributed by atoms with E-state index in [1.807, 2.05) is 12.1 Å². The summed E-state index contributed by atoms with van der Waals surface area (Å²) in [5.74, 6) is -0.888. The number of hydrogen-bond acceptors (Lipinski definition) is 2. The van der Waals surface area contributed by atoms with Gasteiger partial charge in [0, 0.05) is 23.7 Å². The average molecular weight is 373 g/mol. The minimum atomic E-state index is -0.773. The van der Waals surface area contributed by atoms with Crippen LogP contribution in [0, 0.1) is 5.82 Å². The molecule has 0 spiro atoms. The third-order valence-electron chi connectivity index (χ3n) is 4.25. The molecule has 0 aliphatic carbocycles. The van der Waals surface area contributed by atoms with Crippen LogP contribution in [0.1, 0.15) is 24.1 Å². The van der Waals surface area contributed by atoms with E-state index >= 15 is 0 Å². The number of nitrogens with zero attached hydrogens (tertiary/aromatic N) is 1. The van der Waals surface area contributed by atoms with E-state index in [4.69, 9.17) is 11.6 Å². The van der Waals surface area contributed by atoms with Crippen molar-refractivity contribution >= 4 is 29.5 Å². The molecule has 6 heteroatoms. The number of rotatable bonds is 3. The summed E-state index contributed by atoms with van der Waals surface area (Å²) in [5, 5.41) is 3.38. The van der Waals surface area contributed by atoms with Gasteiger partial charge in [0.1, 0.15) is 11.9 Å². The highest BCUT2D eigenvalue weighted by atomic mass is 35.5. The molecular formula is C20H18ClFN2O2. The molecule has 0 saturated carbocycles. The predicted octanol–water partition coefficient (Wildman–Crippen LogP) is 3.58. The molecule has 2 aromatic carbocycles. The minimum absolute atomic E-state index is 0.232. The first-order chi connectivity index (χ1) is 12.5. The molecule has 0 bridgehead atoms. The fraction of sp³-hybridized carbons (Fsp3) is 0.200. The maximum Gasteiger partial charge on any atom is 0.250 e. The van der Waals surface area contributed by atoms with Crippen LogP contribution < -0.4 is 5.32 Å². The Morgan fingerprint density at radius 2 is 1.85 bits per heavy atom. The lowest BCUT2D eigenvalue weighted by Gasteiger charge is -2.35. The monoisotopic (exact) mass is 372 g/mol. The maximum absolute atomic E-state index is 13.2. The van der Waals surface area contributed by atoms with Crippen LogP contribution in [0.3, 0.4) is 0 Å². The number of carbonyl (C=O) groups excluding carboxylic acids is 2. The summed E-state index contributed by atoms with van der Waals surface area (Å²) in [7, 11) is 0. The van der Waals surface area contributed by atoms with Gasteiger partial charge < -0.3 is 10.2 Å². The number of amides is 2. The van der Waals surface area contributed by atoms with Crippen molar-refractivity contribution in [2.24, 2.45) is 0 Å². The molecule has 0 radical (unpaired) electrons. The van der Waals surface area contributed by atoms with Crippen molar-refractivity contribution in [3.05, 3.63) is 76.1 Å². The predicted molar refractivity (Wildman–Crippen MR) is 99.0 cm³/mol. The van der Waals surface area contributed by atoms with Gasteiger partial charge in [0.25, 0.3) is 5.91 Å². The van der Waals surface area contributed by atoms with Gasteiger partial charge >= 0.3 is 0 Å². The highest BCUT2D eigenvalue weighted by Crippen LogP contribution is 2.26. The Hall–Kier alpha value is -2.66. The number of piperazine rings is 1. The van der Waals surface area contributed by atoms with Gasteiger partial charge in [-0.1, -0.05) is 35.9 Å². The highest BCUT2D eigenvalue weighted by Gasteiger charge is 2.34. The fourth-order valence-corrected chi connectivity index (χ4v) is 3.09. The second kappa shape index (κ2) is 7.70. The van der Waals surface area contributed by atoms with Gasteiger partial charge in [-0.05, 0) is 48.4 Å². The van der Waals surface area contributed by atoms with Crippen LogP contribution in [-0.4, -0.2) is 29.8 Å². The van der Waals surface area contributed by atoms with Crippen LogP contribution in [0.25, 0.3) is 6.08 Å². The quantitative estimate of drug-likeness (QED) is 0.837. The Kier molecular flexibility index (Phi) is 5.38. The zero-order chi connectivity index (χ0) is 18.7. The Labute approximate surface area is 156 Å². The summed E-state index contributed by atoms with van der Waals surface area (Å²) in [6, 6.07) is 12.0. The lowest BCUT2D eigenvalue weighted by atomic mass is 10.0. The number of hydrogen-bond donors (Lipinski definition) is 1. The second-order valence-corrected chi connectivity index (χ2v) is 6.56. The van der Waals surface area contributed by atoms with Crippen molar-refractivity contribution in [1.82, 2.24) is 10.2 Å². The third-order valence-corrected chi connectivity index (χ3v) is 4.50. The van der Waals surface area contributed by atoms with Crippen LogP contribution in [0.5, 0.6) is 0 Å². The summed E-state index contributed by atoms with van der Waals surface area (Å²) >= 11 is 5.88. The summed E-state index contributed by atoms with van der Waals surface area (Å²) in [5.41, 5.74) is 1.94. The molecule has 1 aliphatic rings. The first-order valence-electron chi connectivity index (χ1n) is 8.24. The molecule has 1 heterocycles. The molecule has 3 rings (SSSR count). The lowest BCUT2D eigenvalue weighted by Crippen LogP contribution is -2.52. The van der Waals surface area contributed by atoms with Crippen molar-refractivity contribution < 1.29 is 14.0 Å². The van der Waals surface area contributed by atoms with E-state index in [0.717, 1.165) is 5.56 Å². The largest absolute Gasteiger partial charge is 0.352 e. The smallest absolute Gasteiger partial charge is 0.250 e. The van der Waals surface area contributed by atoms with Crippen LogP contribution in [0.4, 0.5) is 4.39 Å². The average Bonchev–Trinajstić information content (AvgIpc) is 2.63. The van der Waals surface area contributed by atoms with E-state index in [1.54, 1.807) is 25.1 Å². The molecule has 1 atom stereocenters. The molecule has 1 fully saturated rings. The lowest BCUT2D eigenvalue weighted by molar-refractivity contribution is -0.140. The van der Waals surface area contributed by atoms with Crippen LogP contribution in [0.15, 0.2) is 54.1 Å². The van der Waals surface area contributed by atoms with Crippen molar-refractivity contribution in [3.63, 3.8) is 0 Å². The Bertz CT molecular complexity index is 847. The number of nitrogens with one attached hydrogen (secondary N) is 1. The molecule has 4 nitrogen and oxygen atoms in total. The molecule has 0 aromatic heterocycles. The fourth-order valence-electron chi connectivity index (χ4n) is 2.96. The summed E-state index contributed by atoms with van der Waals surface area (Å²) < 4.78 is 13.2. The SMILES string of the molecule is C/C(=C\c1ccc(Cl)cc1)C(=O)N1CCNC(=O)C1c1ccc(F)cc1. The van der Waals surface area contributed by atoms with E-state index in [1.165, 1.54) is 29.2 Å². The van der Waals surface area contributed by atoms with Crippen LogP contribution >= 0.6 is 11.6 Å². The molecule has 1 unspecified atom stereocenters. The molecular weight excluding hydrogens is 355 g/mol. The molecule has 1 saturated heterocycles. The van der Waals surface area contributed by atoms with Crippen molar-refractivity contribution in [2.45, 2.75) is 13.0 Å². The van der Waals surface area contributed by atoms with Gasteiger partial charge in [0.05, 0.1) is 0 Å². The van der Waals surface area contributed by atoms with E-state index in [0.29, 0.717) is 29.2 Å². The molecule has 134 valence electrons. The third kappa shape index (κ3) is 3.94. The van der Waals surface area contributed by atoms with E-state index in [2.05, 4.69) is 5.32 Å². The molecule has 26 heavy (non-hydrogen) atoms. The van der Waals surface area contributed by atoms with Crippen molar-refractivity contribution in [1.29, 1.82) is 0 Å². The van der Waals surface area contributed by atoms with E-state index < -0.39 is 6.04 Å². The molecule has 1 aliphatic heterocycles. The van der Waals surface area contributed by atoms with Gasteiger partial charge in [-0.25, -0.2) is 4.39 Å². The highest BCUT2D eigenvalue weighted by molar-refractivity contribution is 6.30. The van der Waals surface area contributed by atoms with Gasteiger partial charge in [0.2, 0.25) is 5.91 Å². The number of halogens is 2. The maximum atomic E-state index is 13.2. The Morgan fingerprint density at radius 1 is 1.19 bits per heavy atom. The molecule has 2 amide bonds. The number of benzene rings is 2. The summed E-state index contributed by atoms with van der Waals surface area (Å²) in [4.78, 5) is 26.8. The van der Waals surface area contributed by atoms with Crippen LogP contribution in [0.2, 0.25) is 5.02 Å². The molecule has 2 aromatic rings. The normalized spacial score (nSPS) is 17.8. The molecule has 1 N–H and O–H groups in total. The van der Waals surface area contributed by atoms with Crippen LogP contribution in [-0.2, 0) is 9.59 Å². The second-order valence-electron chi connectivity index (χ2n) is 6.12. The van der Waals surface area contributed by atoms with Gasteiger partial charge in [0.15, 0.2) is 0 Å². The minimum Gasteiger partial charge on any atom is -0.352 e. The van der Waals surface area contributed by atoms with Gasteiger partial charge in [-0.2, -0.15) is 0 Å². The summed E-state index contributed by atoms with van der Waals surface area (Å²) in [6.07, 6.45) is 1.76. The Balaban J connectivity index is 1.88. The standard InChI is InChI=1S/C20H18ClFN2O2/c1-13(12-14-2-6-16(21)7-3-14)20(26)24-11-10-23-19(25)18(24)15-4-8-17(22)9-5-15/h2-9,12,18H,10-11H2,1H3,(H,23,25)/b13-12+. The number of carbonyl (C=O) groups is 2. The van der Waals surface area contributed by atoms with Gasteiger partial charge in [-0.3, -0.25) is 9.59 Å². The van der Waals surface area contributed by atoms with Crippen molar-refractivity contribution in [2.75, 3.05) is 13.1 Å². The van der Waals surface area contributed by atoms with E-state index in [-0.39, 0.29) is 17.6 Å². The topological polar surface area (TPSA) is 49.4 Å². The van der Waals surface area contributed by atoms with Crippen molar-refractivity contribution in [3.8, 4) is 0 Å². The Morgan fingerprint density at radius 3 is 2.50 bits per heavy atom. The first-order valence-corrected chi connectivity index (χ1v) is 8.61. The zero-order valence-electron chi connectivity index (χ0n) is 14.2. The first kappa shape index (κ1) is 18.1. The van der Waals surface area contributed by atoms with E-state index in [9.17, 15) is 14.0 Å². The zero-order valence-corrected chi connectivity index (χ0v) is 15.0. The van der Waals surface area contributed by atoms with Gasteiger partial charge in [-0.15, -0.1) is 0 Å².